The van der Waals surface area contributed by atoms with Crippen molar-refractivity contribution in [3.05, 3.63) is 91.0 Å². The first kappa shape index (κ1) is 18.8. The SMILES string of the molecule is COC(CC[PH](c1ccccc1)(c1ccccc1)c1ccccc1)OC. The number of hydrogen-bond acceptors (Lipinski definition) is 2. The summed E-state index contributed by atoms with van der Waals surface area (Å²) in [6, 6.07) is 32.8. The Morgan fingerprint density at radius 3 is 1.27 bits per heavy atom. The van der Waals surface area contributed by atoms with Crippen LogP contribution in [0, 0.1) is 0 Å². The molecule has 0 spiro atoms. The summed E-state index contributed by atoms with van der Waals surface area (Å²) in [7, 11) is 1.25. The number of hydrogen-bond donors (Lipinski definition) is 0. The molecule has 0 amide bonds. The van der Waals surface area contributed by atoms with Gasteiger partial charge in [0.1, 0.15) is 0 Å². The molecule has 3 heteroatoms. The molecule has 0 fully saturated rings. The molecule has 0 aliphatic rings. The Bertz CT molecular complexity index is 674. The standard InChI is InChI=1S/C23H27O2P/c1-24-23(25-2)18-19-26(20-12-6-3-7-13-20,21-14-8-4-9-15-21)22-16-10-5-11-17-22/h3-17,23,26H,18-19H2,1-2H3. The Hall–Kier alpha value is -1.99. The second-order valence-electron chi connectivity index (χ2n) is 6.44. The molecule has 0 saturated heterocycles. The summed E-state index contributed by atoms with van der Waals surface area (Å²) in [5.74, 6) is 0. The van der Waals surface area contributed by atoms with Gasteiger partial charge in [-0.3, -0.25) is 0 Å². The number of rotatable bonds is 8. The van der Waals surface area contributed by atoms with Crippen molar-refractivity contribution in [2.75, 3.05) is 20.4 Å². The van der Waals surface area contributed by atoms with Gasteiger partial charge in [0.05, 0.1) is 0 Å². The summed E-state index contributed by atoms with van der Waals surface area (Å²) >= 11 is 0. The Balaban J connectivity index is 2.18. The van der Waals surface area contributed by atoms with Crippen LogP contribution in [-0.2, 0) is 9.47 Å². The van der Waals surface area contributed by atoms with Crippen molar-refractivity contribution >= 4 is 23.2 Å². The fourth-order valence-electron chi connectivity index (χ4n) is 3.77. The van der Waals surface area contributed by atoms with Crippen molar-refractivity contribution in [1.29, 1.82) is 0 Å². The van der Waals surface area contributed by atoms with Crippen LogP contribution < -0.4 is 15.9 Å². The van der Waals surface area contributed by atoms with Crippen molar-refractivity contribution in [2.45, 2.75) is 12.7 Å². The summed E-state index contributed by atoms with van der Waals surface area (Å²) in [5, 5.41) is 4.26. The van der Waals surface area contributed by atoms with Crippen LogP contribution in [0.1, 0.15) is 6.42 Å². The van der Waals surface area contributed by atoms with E-state index in [0.717, 1.165) is 12.6 Å². The molecular formula is C23H27O2P. The van der Waals surface area contributed by atoms with Gasteiger partial charge in [-0.2, -0.15) is 0 Å². The van der Waals surface area contributed by atoms with Crippen molar-refractivity contribution < 1.29 is 9.47 Å². The maximum atomic E-state index is 5.50. The molecule has 2 nitrogen and oxygen atoms in total. The van der Waals surface area contributed by atoms with Gasteiger partial charge in [0, 0.05) is 0 Å². The van der Waals surface area contributed by atoms with E-state index in [9.17, 15) is 0 Å². The van der Waals surface area contributed by atoms with Gasteiger partial charge in [0.25, 0.3) is 0 Å². The number of ether oxygens (including phenoxy) is 2. The summed E-state index contributed by atoms with van der Waals surface area (Å²) in [6.45, 7) is 0. The second kappa shape index (κ2) is 9.09. The van der Waals surface area contributed by atoms with Crippen molar-refractivity contribution in [2.24, 2.45) is 0 Å². The van der Waals surface area contributed by atoms with Crippen LogP contribution in [-0.4, -0.2) is 26.7 Å². The molecule has 0 saturated carbocycles. The molecule has 3 rings (SSSR count). The molecule has 0 atom stereocenters. The van der Waals surface area contributed by atoms with E-state index in [0.29, 0.717) is 0 Å². The van der Waals surface area contributed by atoms with Crippen molar-refractivity contribution in [1.82, 2.24) is 0 Å². The van der Waals surface area contributed by atoms with Gasteiger partial charge in [-0.25, -0.2) is 0 Å². The predicted molar refractivity (Wildman–Crippen MR) is 114 cm³/mol. The molecular weight excluding hydrogens is 339 g/mol. The van der Waals surface area contributed by atoms with Crippen LogP contribution in [0.3, 0.4) is 0 Å². The summed E-state index contributed by atoms with van der Waals surface area (Å²) in [4.78, 5) is 0. The van der Waals surface area contributed by atoms with Crippen LogP contribution >= 0.6 is 7.26 Å². The Morgan fingerprint density at radius 2 is 0.962 bits per heavy atom. The quantitative estimate of drug-likeness (QED) is 0.447. The molecule has 3 aromatic rings. The molecule has 0 aliphatic heterocycles. The summed E-state index contributed by atoms with van der Waals surface area (Å²) in [5.41, 5.74) is 0. The van der Waals surface area contributed by atoms with Gasteiger partial charge in [-0.1, -0.05) is 0 Å². The topological polar surface area (TPSA) is 18.5 Å². The number of benzene rings is 3. The zero-order valence-corrected chi connectivity index (χ0v) is 16.5. The molecule has 0 radical (unpaired) electrons. The fourth-order valence-corrected chi connectivity index (χ4v) is 8.59. The van der Waals surface area contributed by atoms with Gasteiger partial charge >= 0.3 is 157 Å². The molecule has 136 valence electrons. The molecule has 26 heavy (non-hydrogen) atoms. The van der Waals surface area contributed by atoms with Gasteiger partial charge in [0.15, 0.2) is 0 Å². The molecule has 3 aromatic carbocycles. The van der Waals surface area contributed by atoms with Crippen LogP contribution in [0.15, 0.2) is 91.0 Å². The van der Waals surface area contributed by atoms with Crippen molar-refractivity contribution in [3.63, 3.8) is 0 Å². The van der Waals surface area contributed by atoms with Crippen LogP contribution in [0.4, 0.5) is 0 Å². The van der Waals surface area contributed by atoms with E-state index in [1.54, 1.807) is 14.2 Å². The monoisotopic (exact) mass is 366 g/mol. The van der Waals surface area contributed by atoms with Crippen molar-refractivity contribution in [3.8, 4) is 0 Å². The Kier molecular flexibility index (Phi) is 6.57. The Morgan fingerprint density at radius 1 is 0.615 bits per heavy atom. The van der Waals surface area contributed by atoms with Gasteiger partial charge in [-0.05, 0) is 0 Å². The zero-order chi connectivity index (χ0) is 18.2. The first-order valence-corrected chi connectivity index (χ1v) is 11.2. The van der Waals surface area contributed by atoms with Gasteiger partial charge in [-0.15, -0.1) is 0 Å². The molecule has 0 bridgehead atoms. The first-order chi connectivity index (χ1) is 12.8. The minimum absolute atomic E-state index is 0.182. The minimum atomic E-state index is -2.18. The second-order valence-corrected chi connectivity index (χ2v) is 10.5. The average Bonchev–Trinajstić information content (AvgIpc) is 2.74. The van der Waals surface area contributed by atoms with Gasteiger partial charge < -0.3 is 0 Å². The number of methoxy groups -OCH3 is 2. The molecule has 0 heterocycles. The first-order valence-electron chi connectivity index (χ1n) is 9.03. The fraction of sp³-hybridized carbons (Fsp3) is 0.217. The third-order valence-electron chi connectivity index (χ3n) is 5.08. The summed E-state index contributed by atoms with van der Waals surface area (Å²) < 4.78 is 11.0. The van der Waals surface area contributed by atoms with E-state index in [1.807, 2.05) is 0 Å². The van der Waals surface area contributed by atoms with E-state index in [-0.39, 0.29) is 6.29 Å². The predicted octanol–water partition coefficient (Wildman–Crippen LogP) is 3.72. The third-order valence-corrected chi connectivity index (χ3v) is 10.1. The van der Waals surface area contributed by atoms with Crippen LogP contribution in [0.25, 0.3) is 0 Å². The zero-order valence-electron chi connectivity index (χ0n) is 15.5. The normalized spacial score (nSPS) is 12.3. The molecule has 0 N–H and O–H groups in total. The van der Waals surface area contributed by atoms with E-state index in [1.165, 1.54) is 15.9 Å². The van der Waals surface area contributed by atoms with Gasteiger partial charge in [0.2, 0.25) is 0 Å². The summed E-state index contributed by atoms with van der Waals surface area (Å²) in [6.07, 6.45) is 1.70. The van der Waals surface area contributed by atoms with E-state index in [4.69, 9.17) is 9.47 Å². The molecule has 0 aromatic heterocycles. The van der Waals surface area contributed by atoms with E-state index in [2.05, 4.69) is 91.0 Å². The maximum absolute atomic E-state index is 5.50. The third kappa shape index (κ3) is 3.88. The van der Waals surface area contributed by atoms with E-state index < -0.39 is 7.26 Å². The molecule has 0 unspecified atom stereocenters. The average molecular weight is 366 g/mol. The molecule has 0 aliphatic carbocycles. The van der Waals surface area contributed by atoms with Crippen LogP contribution in [0.5, 0.6) is 0 Å². The van der Waals surface area contributed by atoms with Crippen LogP contribution in [0.2, 0.25) is 0 Å². The Labute approximate surface area is 157 Å². The van der Waals surface area contributed by atoms with E-state index >= 15 is 0 Å².